The molecule has 1 amide bonds. The number of carbonyl (C=O) groups excluding carboxylic acids is 1. The molecule has 0 spiro atoms. The number of anilines is 1. The van der Waals surface area contributed by atoms with Crippen molar-refractivity contribution in [2.24, 2.45) is 0 Å². The number of nitrogens with zero attached hydrogens (tertiary/aromatic N) is 3. The molecule has 0 saturated carbocycles. The topological polar surface area (TPSA) is 95.1 Å². The number of carbonyl (C=O) groups is 1. The predicted octanol–water partition coefficient (Wildman–Crippen LogP) is 1.16. The Balaban J connectivity index is 1.49. The maximum absolute atomic E-state index is 13.1. The highest BCUT2D eigenvalue weighted by Gasteiger charge is 2.31. The highest BCUT2D eigenvalue weighted by Crippen LogP contribution is 2.32. The molecule has 0 N–H and O–H groups in total. The number of rotatable bonds is 4. The van der Waals surface area contributed by atoms with Crippen LogP contribution in [0, 0.1) is 0 Å². The Hall–Kier alpha value is -2.43. The van der Waals surface area contributed by atoms with Gasteiger partial charge in [0.2, 0.25) is 10.0 Å². The molecule has 0 atom stereocenters. The van der Waals surface area contributed by atoms with Crippen molar-refractivity contribution in [1.82, 2.24) is 9.21 Å². The zero-order chi connectivity index (χ0) is 21.5. The van der Waals surface area contributed by atoms with Gasteiger partial charge in [0.25, 0.3) is 15.9 Å². The Kier molecular flexibility index (Phi) is 5.33. The van der Waals surface area contributed by atoms with Gasteiger partial charge in [-0.2, -0.15) is 4.31 Å². The summed E-state index contributed by atoms with van der Waals surface area (Å²) < 4.78 is 52.1. The second-order valence-electron chi connectivity index (χ2n) is 7.43. The summed E-state index contributed by atoms with van der Waals surface area (Å²) in [6.45, 7) is 1.51. The summed E-state index contributed by atoms with van der Waals surface area (Å²) >= 11 is 0. The van der Waals surface area contributed by atoms with Crippen molar-refractivity contribution in [3.05, 3.63) is 59.7 Å². The monoisotopic (exact) mass is 449 g/mol. The molecule has 2 heterocycles. The molecular weight excluding hydrogens is 426 g/mol. The van der Waals surface area contributed by atoms with Crippen molar-refractivity contribution < 1.29 is 21.6 Å². The molecule has 0 unspecified atom stereocenters. The van der Waals surface area contributed by atoms with Crippen LogP contribution in [-0.4, -0.2) is 70.9 Å². The normalized spacial score (nSPS) is 17.8. The van der Waals surface area contributed by atoms with E-state index >= 15 is 0 Å². The van der Waals surface area contributed by atoms with Gasteiger partial charge in [-0.15, -0.1) is 0 Å². The van der Waals surface area contributed by atoms with Crippen LogP contribution >= 0.6 is 0 Å². The molecule has 2 aliphatic heterocycles. The lowest BCUT2D eigenvalue weighted by Crippen LogP contribution is -2.50. The number of hydrogen-bond donors (Lipinski definition) is 0. The fourth-order valence-corrected chi connectivity index (χ4v) is 6.19. The molecule has 0 bridgehead atoms. The van der Waals surface area contributed by atoms with Crippen LogP contribution in [0.25, 0.3) is 0 Å². The molecule has 10 heteroatoms. The fraction of sp³-hybridized carbons (Fsp3) is 0.350. The van der Waals surface area contributed by atoms with Crippen LogP contribution in [0.3, 0.4) is 0 Å². The van der Waals surface area contributed by atoms with E-state index < -0.39 is 20.0 Å². The first-order valence-corrected chi connectivity index (χ1v) is 12.9. The Morgan fingerprint density at radius 3 is 2.10 bits per heavy atom. The van der Waals surface area contributed by atoms with E-state index in [0.717, 1.165) is 11.8 Å². The molecule has 2 aliphatic rings. The van der Waals surface area contributed by atoms with Crippen molar-refractivity contribution in [2.45, 2.75) is 11.3 Å². The third-order valence-corrected chi connectivity index (χ3v) is 8.66. The smallest absolute Gasteiger partial charge is 0.264 e. The van der Waals surface area contributed by atoms with Gasteiger partial charge in [-0.05, 0) is 42.3 Å². The van der Waals surface area contributed by atoms with Crippen LogP contribution in [0.1, 0.15) is 15.9 Å². The number of para-hydroxylation sites is 1. The molecule has 4 rings (SSSR count). The van der Waals surface area contributed by atoms with Crippen LogP contribution < -0.4 is 4.31 Å². The molecule has 0 aromatic heterocycles. The molecule has 8 nitrogen and oxygen atoms in total. The van der Waals surface area contributed by atoms with Crippen molar-refractivity contribution in [2.75, 3.05) is 43.3 Å². The van der Waals surface area contributed by atoms with Gasteiger partial charge in [-0.3, -0.25) is 9.10 Å². The molecule has 160 valence electrons. The third kappa shape index (κ3) is 3.82. The summed E-state index contributed by atoms with van der Waals surface area (Å²) in [5.74, 6) is -0.237. The lowest BCUT2D eigenvalue weighted by Gasteiger charge is -2.33. The number of benzene rings is 2. The van der Waals surface area contributed by atoms with E-state index in [-0.39, 0.29) is 23.9 Å². The van der Waals surface area contributed by atoms with Gasteiger partial charge >= 0.3 is 0 Å². The highest BCUT2D eigenvalue weighted by molar-refractivity contribution is 7.92. The van der Waals surface area contributed by atoms with E-state index in [1.807, 2.05) is 18.2 Å². The van der Waals surface area contributed by atoms with Gasteiger partial charge in [0, 0.05) is 38.3 Å². The maximum atomic E-state index is 13.1. The lowest BCUT2D eigenvalue weighted by atomic mass is 10.2. The molecule has 0 radical (unpaired) electrons. The summed E-state index contributed by atoms with van der Waals surface area (Å²) in [6, 6.07) is 13.4. The Labute approximate surface area is 176 Å². The SMILES string of the molecule is CS(=O)(=O)N1CCN(C(=O)c2ccc(S(=O)(=O)N3CCc4ccccc43)cc2)CC1. The molecule has 2 aromatic rings. The lowest BCUT2D eigenvalue weighted by molar-refractivity contribution is 0.0698. The molecule has 1 fully saturated rings. The minimum absolute atomic E-state index is 0.137. The molecule has 0 aliphatic carbocycles. The van der Waals surface area contributed by atoms with Crippen molar-refractivity contribution in [1.29, 1.82) is 0 Å². The first-order valence-electron chi connectivity index (χ1n) is 9.63. The summed E-state index contributed by atoms with van der Waals surface area (Å²) in [5.41, 5.74) is 2.08. The zero-order valence-corrected chi connectivity index (χ0v) is 18.2. The number of piperazine rings is 1. The Morgan fingerprint density at radius 1 is 0.833 bits per heavy atom. The molecular formula is C20H23N3O5S2. The van der Waals surface area contributed by atoms with Crippen LogP contribution in [0.4, 0.5) is 5.69 Å². The van der Waals surface area contributed by atoms with Crippen LogP contribution in [0.2, 0.25) is 0 Å². The number of fused-ring (bicyclic) bond motifs is 1. The average molecular weight is 450 g/mol. The summed E-state index contributed by atoms with van der Waals surface area (Å²) in [6.07, 6.45) is 1.83. The van der Waals surface area contributed by atoms with Crippen LogP contribution in [0.5, 0.6) is 0 Å². The van der Waals surface area contributed by atoms with Gasteiger partial charge < -0.3 is 4.90 Å². The predicted molar refractivity (Wildman–Crippen MR) is 113 cm³/mol. The first-order chi connectivity index (χ1) is 14.2. The fourth-order valence-electron chi connectivity index (χ4n) is 3.86. The second-order valence-corrected chi connectivity index (χ2v) is 11.3. The average Bonchev–Trinajstić information content (AvgIpc) is 3.18. The molecule has 1 saturated heterocycles. The van der Waals surface area contributed by atoms with E-state index in [2.05, 4.69) is 0 Å². The maximum Gasteiger partial charge on any atom is 0.264 e. The van der Waals surface area contributed by atoms with Gasteiger partial charge in [0.1, 0.15) is 0 Å². The second kappa shape index (κ2) is 7.68. The van der Waals surface area contributed by atoms with E-state index in [1.54, 1.807) is 11.0 Å². The number of amides is 1. The van der Waals surface area contributed by atoms with Gasteiger partial charge in [-0.1, -0.05) is 18.2 Å². The zero-order valence-electron chi connectivity index (χ0n) is 16.6. The van der Waals surface area contributed by atoms with Crippen molar-refractivity contribution >= 4 is 31.6 Å². The van der Waals surface area contributed by atoms with Crippen LogP contribution in [-0.2, 0) is 26.5 Å². The minimum atomic E-state index is -3.71. The standard InChI is InChI=1S/C20H23N3O5S2/c1-29(25,26)22-14-12-21(13-15-22)20(24)17-6-8-18(9-7-17)30(27,28)23-11-10-16-4-2-3-5-19(16)23/h2-9H,10-15H2,1H3. The van der Waals surface area contributed by atoms with E-state index in [0.29, 0.717) is 37.3 Å². The van der Waals surface area contributed by atoms with Gasteiger partial charge in [-0.25, -0.2) is 16.8 Å². The van der Waals surface area contributed by atoms with Crippen molar-refractivity contribution in [3.8, 4) is 0 Å². The quantitative estimate of drug-likeness (QED) is 0.698. The van der Waals surface area contributed by atoms with Crippen LogP contribution in [0.15, 0.2) is 53.4 Å². The van der Waals surface area contributed by atoms with E-state index in [4.69, 9.17) is 0 Å². The Bertz CT molecular complexity index is 1170. The minimum Gasteiger partial charge on any atom is -0.336 e. The highest BCUT2D eigenvalue weighted by atomic mass is 32.2. The number of hydrogen-bond acceptors (Lipinski definition) is 5. The summed E-state index contributed by atoms with van der Waals surface area (Å²) in [5, 5.41) is 0. The Morgan fingerprint density at radius 2 is 1.47 bits per heavy atom. The van der Waals surface area contributed by atoms with Crippen molar-refractivity contribution in [3.63, 3.8) is 0 Å². The van der Waals surface area contributed by atoms with Gasteiger partial charge in [0.05, 0.1) is 16.8 Å². The largest absolute Gasteiger partial charge is 0.336 e. The molecule has 2 aromatic carbocycles. The molecule has 30 heavy (non-hydrogen) atoms. The van der Waals surface area contributed by atoms with Gasteiger partial charge in [0.15, 0.2) is 0 Å². The van der Waals surface area contributed by atoms with E-state index in [1.165, 1.54) is 32.9 Å². The third-order valence-electron chi connectivity index (χ3n) is 5.53. The first kappa shape index (κ1) is 20.8. The summed E-state index contributed by atoms with van der Waals surface area (Å²) in [4.78, 5) is 14.5. The van der Waals surface area contributed by atoms with E-state index in [9.17, 15) is 21.6 Å². The number of sulfonamides is 2. The summed E-state index contributed by atoms with van der Waals surface area (Å²) in [7, 11) is -6.98.